The molecule has 5 rings (SSSR count). The largest absolute Gasteiger partial charge is 0.435 e. The average molecular weight is 667 g/mol. The van der Waals surface area contributed by atoms with Gasteiger partial charge in [-0.15, -0.1) is 0 Å². The highest BCUT2D eigenvalue weighted by atomic mass is 32.2. The Morgan fingerprint density at radius 2 is 1.47 bits per heavy atom. The van der Waals surface area contributed by atoms with Crippen LogP contribution >= 0.6 is 0 Å². The molecule has 2 aromatic rings. The Kier molecular flexibility index (Phi) is 7.85. The number of rotatable bonds is 5. The number of fused-ring (bicyclic) bond motifs is 3. The van der Waals surface area contributed by atoms with Gasteiger partial charge in [-0.25, -0.2) is 17.2 Å². The third-order valence-electron chi connectivity index (χ3n) is 9.94. The number of carbonyl (C=O) groups excluding carboxylic acids is 2. The number of likely N-dealkylation sites (tertiary alicyclic amines) is 1. The van der Waals surface area contributed by atoms with Gasteiger partial charge in [-0.05, 0) is 80.3 Å². The minimum atomic E-state index is -6.37. The van der Waals surface area contributed by atoms with Crippen LogP contribution in [-0.2, 0) is 36.3 Å². The third kappa shape index (κ3) is 4.91. The van der Waals surface area contributed by atoms with Gasteiger partial charge in [0.2, 0.25) is 11.8 Å². The lowest BCUT2D eigenvalue weighted by atomic mass is 9.70. The standard InChI is InChI=1S/C30H30F8N2O4S/c1-26(12-10-17(11-13-26)24(39)41)25(42)40-15-14-27(45(43,44)21-6-4-20(31)5-7-21)22-8-3-19(16-18(22)2-9-23(27)40)28(32,29(33,34)35)30(36,37)38/h3-8,16-17,23H,2,9-15H2,1H3,(H2,39,41)/t17?,23-,26?,27-/m1/s1. The molecule has 2 amide bonds. The summed E-state index contributed by atoms with van der Waals surface area (Å²) in [4.78, 5) is 26.8. The molecule has 0 aromatic heterocycles. The highest BCUT2D eigenvalue weighted by molar-refractivity contribution is 7.92. The Hall–Kier alpha value is -3.23. The molecule has 0 unspecified atom stereocenters. The predicted molar refractivity (Wildman–Crippen MR) is 144 cm³/mol. The zero-order valence-electron chi connectivity index (χ0n) is 23.9. The van der Waals surface area contributed by atoms with E-state index >= 15 is 4.39 Å². The number of nitrogens with zero attached hydrogens (tertiary/aromatic N) is 1. The maximum atomic E-state index is 15.0. The molecular weight excluding hydrogens is 636 g/mol. The van der Waals surface area contributed by atoms with E-state index in [2.05, 4.69) is 0 Å². The molecule has 1 saturated heterocycles. The van der Waals surface area contributed by atoms with Crippen molar-refractivity contribution in [3.63, 3.8) is 0 Å². The van der Waals surface area contributed by atoms with Gasteiger partial charge in [0.25, 0.3) is 0 Å². The maximum Gasteiger partial charge on any atom is 0.435 e. The van der Waals surface area contributed by atoms with Crippen molar-refractivity contribution < 1.29 is 53.1 Å². The molecule has 1 saturated carbocycles. The number of aryl methyl sites for hydroxylation is 1. The van der Waals surface area contributed by atoms with Crippen LogP contribution < -0.4 is 5.73 Å². The number of hydrogen-bond donors (Lipinski definition) is 1. The van der Waals surface area contributed by atoms with Gasteiger partial charge < -0.3 is 10.6 Å². The first kappa shape index (κ1) is 33.1. The van der Waals surface area contributed by atoms with Gasteiger partial charge in [0, 0.05) is 23.4 Å². The minimum absolute atomic E-state index is 0.113. The molecule has 3 aliphatic rings. The van der Waals surface area contributed by atoms with Gasteiger partial charge in [-0.1, -0.05) is 25.1 Å². The van der Waals surface area contributed by atoms with Crippen molar-refractivity contribution in [2.45, 2.75) is 85.6 Å². The van der Waals surface area contributed by atoms with E-state index in [1.165, 1.54) is 4.90 Å². The van der Waals surface area contributed by atoms with Gasteiger partial charge >= 0.3 is 18.0 Å². The molecule has 1 aliphatic heterocycles. The van der Waals surface area contributed by atoms with E-state index in [-0.39, 0.29) is 54.7 Å². The second-order valence-corrected chi connectivity index (χ2v) is 14.6. The van der Waals surface area contributed by atoms with Crippen LogP contribution in [0.15, 0.2) is 47.4 Å². The van der Waals surface area contributed by atoms with E-state index in [0.29, 0.717) is 25.0 Å². The van der Waals surface area contributed by atoms with Crippen molar-refractivity contribution in [1.82, 2.24) is 4.90 Å². The monoisotopic (exact) mass is 666 g/mol. The van der Waals surface area contributed by atoms with Gasteiger partial charge in [-0.3, -0.25) is 9.59 Å². The molecular formula is C30H30F8N2O4S. The lowest BCUT2D eigenvalue weighted by Gasteiger charge is -2.45. The molecule has 15 heteroatoms. The van der Waals surface area contributed by atoms with E-state index in [9.17, 15) is 48.7 Å². The highest BCUT2D eigenvalue weighted by Gasteiger charge is 2.74. The van der Waals surface area contributed by atoms with E-state index < -0.39 is 73.2 Å². The number of halogens is 8. The fourth-order valence-corrected chi connectivity index (χ4v) is 9.76. The molecule has 2 N–H and O–H groups in total. The van der Waals surface area contributed by atoms with Crippen LogP contribution in [0.3, 0.4) is 0 Å². The number of amides is 2. The smallest absolute Gasteiger partial charge is 0.369 e. The van der Waals surface area contributed by atoms with Crippen LogP contribution in [0.5, 0.6) is 0 Å². The van der Waals surface area contributed by atoms with E-state index in [4.69, 9.17) is 5.73 Å². The van der Waals surface area contributed by atoms with Crippen molar-refractivity contribution >= 4 is 21.7 Å². The Morgan fingerprint density at radius 1 is 0.889 bits per heavy atom. The molecule has 6 nitrogen and oxygen atoms in total. The molecule has 1 heterocycles. The van der Waals surface area contributed by atoms with Gasteiger partial charge in [0.1, 0.15) is 10.6 Å². The second-order valence-electron chi connectivity index (χ2n) is 12.4. The quantitative estimate of drug-likeness (QED) is 0.312. The number of alkyl halides is 7. The summed E-state index contributed by atoms with van der Waals surface area (Å²) in [6.07, 6.45) is -12.2. The normalized spacial score (nSPS) is 27.5. The fraction of sp³-hybridized carbons (Fsp3) is 0.533. The number of nitrogens with two attached hydrogens (primary N) is 1. The number of carbonyl (C=O) groups is 2. The Labute approximate surface area is 253 Å². The van der Waals surface area contributed by atoms with Crippen molar-refractivity contribution in [3.8, 4) is 0 Å². The van der Waals surface area contributed by atoms with Crippen LogP contribution in [0, 0.1) is 17.2 Å². The predicted octanol–water partition coefficient (Wildman–Crippen LogP) is 6.01. The van der Waals surface area contributed by atoms with Crippen molar-refractivity contribution in [2.75, 3.05) is 6.54 Å². The fourth-order valence-electron chi connectivity index (χ4n) is 7.40. The van der Waals surface area contributed by atoms with Crippen LogP contribution in [0.2, 0.25) is 0 Å². The molecule has 0 radical (unpaired) electrons. The average Bonchev–Trinajstić information content (AvgIpc) is 3.37. The van der Waals surface area contributed by atoms with E-state index in [1.54, 1.807) is 6.92 Å². The van der Waals surface area contributed by atoms with Gasteiger partial charge in [0.15, 0.2) is 9.84 Å². The molecule has 2 atom stereocenters. The molecule has 2 aromatic carbocycles. The first-order valence-corrected chi connectivity index (χ1v) is 15.8. The van der Waals surface area contributed by atoms with E-state index in [0.717, 1.165) is 30.3 Å². The Bertz CT molecular complexity index is 1600. The summed E-state index contributed by atoms with van der Waals surface area (Å²) in [5, 5.41) is 0. The topological polar surface area (TPSA) is 97.5 Å². The second kappa shape index (κ2) is 10.7. The van der Waals surface area contributed by atoms with E-state index in [1.807, 2.05) is 0 Å². The summed E-state index contributed by atoms with van der Waals surface area (Å²) in [6.45, 7) is 1.58. The number of primary amides is 1. The summed E-state index contributed by atoms with van der Waals surface area (Å²) in [6, 6.07) is 4.16. The first-order chi connectivity index (χ1) is 20.7. The van der Waals surface area contributed by atoms with Crippen LogP contribution in [-0.4, -0.2) is 50.1 Å². The first-order valence-electron chi connectivity index (χ1n) is 14.3. The minimum Gasteiger partial charge on any atom is -0.369 e. The van der Waals surface area contributed by atoms with Crippen molar-refractivity contribution in [2.24, 2.45) is 17.1 Å². The number of sulfone groups is 1. The maximum absolute atomic E-state index is 15.0. The molecule has 2 fully saturated rings. The summed E-state index contributed by atoms with van der Waals surface area (Å²) in [5.74, 6) is -2.07. The summed E-state index contributed by atoms with van der Waals surface area (Å²) in [5.41, 5.74) is -3.38. The summed E-state index contributed by atoms with van der Waals surface area (Å²) in [7, 11) is -4.59. The lowest BCUT2D eigenvalue weighted by Crippen LogP contribution is -2.55. The molecule has 0 spiro atoms. The number of hydrogen-bond acceptors (Lipinski definition) is 4. The van der Waals surface area contributed by atoms with Crippen LogP contribution in [0.4, 0.5) is 35.1 Å². The third-order valence-corrected chi connectivity index (χ3v) is 12.5. The van der Waals surface area contributed by atoms with Gasteiger partial charge in [-0.2, -0.15) is 26.3 Å². The molecule has 246 valence electrons. The van der Waals surface area contributed by atoms with Gasteiger partial charge in [0.05, 0.1) is 10.9 Å². The Balaban J connectivity index is 1.64. The molecule has 2 aliphatic carbocycles. The SMILES string of the molecule is CC1(C(=O)N2CC[C@@]3(S(=O)(=O)c4ccc(F)cc4)c4ccc(C(F)(C(F)(F)F)C(F)(F)F)cc4CC[C@@H]23)CCC(C(N)=O)CC1. The number of benzene rings is 2. The summed E-state index contributed by atoms with van der Waals surface area (Å²) < 4.78 is 137. The lowest BCUT2D eigenvalue weighted by molar-refractivity contribution is -0.348. The zero-order valence-corrected chi connectivity index (χ0v) is 24.8. The molecule has 0 bridgehead atoms. The van der Waals surface area contributed by atoms with Crippen LogP contribution in [0.25, 0.3) is 0 Å². The van der Waals surface area contributed by atoms with Crippen molar-refractivity contribution in [1.29, 1.82) is 0 Å². The highest BCUT2D eigenvalue weighted by Crippen LogP contribution is 2.57. The molecule has 45 heavy (non-hydrogen) atoms. The zero-order chi connectivity index (χ0) is 33.4. The summed E-state index contributed by atoms with van der Waals surface area (Å²) >= 11 is 0. The van der Waals surface area contributed by atoms with Crippen molar-refractivity contribution in [3.05, 3.63) is 65.0 Å². The van der Waals surface area contributed by atoms with Crippen LogP contribution in [0.1, 0.15) is 62.1 Å². The Morgan fingerprint density at radius 3 is 2.00 bits per heavy atom.